The molecule has 0 aliphatic rings. The van der Waals surface area contributed by atoms with Crippen molar-refractivity contribution in [2.24, 2.45) is 0 Å². The lowest BCUT2D eigenvalue weighted by atomic mass is 10.1. The van der Waals surface area contributed by atoms with Crippen LogP contribution in [0.3, 0.4) is 0 Å². The van der Waals surface area contributed by atoms with Gasteiger partial charge in [0.2, 0.25) is 0 Å². The molecule has 1 rings (SSSR count). The highest BCUT2D eigenvalue weighted by Gasteiger charge is 2.12. The first-order chi connectivity index (χ1) is 6.00. The zero-order valence-corrected chi connectivity index (χ0v) is 6.59. The summed E-state index contributed by atoms with van der Waals surface area (Å²) in [6, 6.07) is 1.23. The van der Waals surface area contributed by atoms with Crippen LogP contribution in [0.1, 0.15) is 11.6 Å². The van der Waals surface area contributed by atoms with Gasteiger partial charge in [-0.05, 0) is 12.1 Å². The summed E-state index contributed by atoms with van der Waals surface area (Å²) in [5.41, 5.74) is 3.15. The molecule has 0 aromatic heterocycles. The zero-order chi connectivity index (χ0) is 10.0. The minimum atomic E-state index is -1.47. The van der Waals surface area contributed by atoms with Crippen molar-refractivity contribution in [3.63, 3.8) is 0 Å². The van der Waals surface area contributed by atoms with E-state index in [9.17, 15) is 18.7 Å². The molecule has 3 nitrogen and oxygen atoms in total. The van der Waals surface area contributed by atoms with Crippen molar-refractivity contribution >= 4 is 5.97 Å². The largest absolute Gasteiger partial charge is 0.544 e. The number of quaternary nitrogens is 1. The monoisotopic (exact) mass is 187 g/mol. The van der Waals surface area contributed by atoms with Gasteiger partial charge in [0, 0.05) is 11.6 Å². The van der Waals surface area contributed by atoms with Crippen LogP contribution >= 0.6 is 0 Å². The highest BCUT2D eigenvalue weighted by Crippen LogP contribution is 2.12. The van der Waals surface area contributed by atoms with Crippen molar-refractivity contribution in [1.29, 1.82) is 0 Å². The lowest BCUT2D eigenvalue weighted by Crippen LogP contribution is -2.61. The van der Waals surface area contributed by atoms with Gasteiger partial charge in [0.15, 0.2) is 6.04 Å². The third-order valence-corrected chi connectivity index (χ3v) is 1.57. The highest BCUT2D eigenvalue weighted by molar-refractivity contribution is 5.71. The van der Waals surface area contributed by atoms with Crippen LogP contribution in [-0.2, 0) is 4.79 Å². The van der Waals surface area contributed by atoms with Gasteiger partial charge in [0.1, 0.15) is 17.6 Å². The average Bonchev–Trinajstić information content (AvgIpc) is 2.01. The molecule has 0 spiro atoms. The van der Waals surface area contributed by atoms with E-state index in [0.717, 1.165) is 12.1 Å². The number of hydrogen-bond acceptors (Lipinski definition) is 2. The van der Waals surface area contributed by atoms with Crippen molar-refractivity contribution in [2.75, 3.05) is 0 Å². The predicted molar refractivity (Wildman–Crippen MR) is 37.0 cm³/mol. The lowest BCUT2D eigenvalue weighted by Gasteiger charge is -2.09. The van der Waals surface area contributed by atoms with E-state index in [0.29, 0.717) is 6.07 Å². The topological polar surface area (TPSA) is 67.8 Å². The van der Waals surface area contributed by atoms with Crippen LogP contribution in [0.4, 0.5) is 8.78 Å². The fraction of sp³-hybridized carbons (Fsp3) is 0.125. The summed E-state index contributed by atoms with van der Waals surface area (Å²) in [5, 5.41) is 10.3. The summed E-state index contributed by atoms with van der Waals surface area (Å²) in [5.74, 6) is -3.13. The zero-order valence-electron chi connectivity index (χ0n) is 6.59. The maximum absolute atomic E-state index is 12.6. The maximum Gasteiger partial charge on any atom is 0.150 e. The molecule has 0 bridgehead atoms. The minimum Gasteiger partial charge on any atom is -0.544 e. The predicted octanol–water partition coefficient (Wildman–Crippen LogP) is -1.00. The van der Waals surface area contributed by atoms with Gasteiger partial charge in [0.05, 0.1) is 0 Å². The molecule has 0 aliphatic carbocycles. The summed E-state index contributed by atoms with van der Waals surface area (Å²) < 4.78 is 25.1. The molecule has 0 saturated carbocycles. The summed E-state index contributed by atoms with van der Waals surface area (Å²) in [6.07, 6.45) is 0. The molecule has 0 saturated heterocycles. The molecule has 0 amide bonds. The molecule has 1 aromatic carbocycles. The third-order valence-electron chi connectivity index (χ3n) is 1.57. The van der Waals surface area contributed by atoms with Gasteiger partial charge in [-0.2, -0.15) is 0 Å². The summed E-state index contributed by atoms with van der Waals surface area (Å²) >= 11 is 0. The fourth-order valence-electron chi connectivity index (χ4n) is 0.912. The molecule has 0 unspecified atom stereocenters. The molecule has 0 radical (unpaired) electrons. The Morgan fingerprint density at radius 3 is 2.15 bits per heavy atom. The van der Waals surface area contributed by atoms with Gasteiger partial charge in [-0.1, -0.05) is 0 Å². The van der Waals surface area contributed by atoms with E-state index >= 15 is 0 Å². The van der Waals surface area contributed by atoms with Crippen LogP contribution in [0.2, 0.25) is 0 Å². The Morgan fingerprint density at radius 1 is 1.31 bits per heavy atom. The molecule has 70 valence electrons. The second kappa shape index (κ2) is 3.49. The second-order valence-corrected chi connectivity index (χ2v) is 2.57. The number of aliphatic carboxylic acids is 1. The Bertz CT molecular complexity index is 321. The number of carbonyl (C=O) groups excluding carboxylic acids is 1. The normalized spacial score (nSPS) is 12.5. The number of rotatable bonds is 2. The van der Waals surface area contributed by atoms with Crippen molar-refractivity contribution in [2.45, 2.75) is 6.04 Å². The number of hydrogen-bond donors (Lipinski definition) is 1. The third kappa shape index (κ3) is 2.22. The van der Waals surface area contributed by atoms with Crippen molar-refractivity contribution < 1.29 is 24.4 Å². The molecule has 0 heterocycles. The van der Waals surface area contributed by atoms with E-state index in [-0.39, 0.29) is 5.56 Å². The first-order valence-corrected chi connectivity index (χ1v) is 3.50. The van der Waals surface area contributed by atoms with Crippen LogP contribution in [0.5, 0.6) is 0 Å². The molecule has 13 heavy (non-hydrogen) atoms. The average molecular weight is 187 g/mol. The first-order valence-electron chi connectivity index (χ1n) is 3.50. The second-order valence-electron chi connectivity index (χ2n) is 2.57. The number of carbonyl (C=O) groups is 1. The molecule has 1 atom stereocenters. The standard InChI is InChI=1S/C8H7F2NO2/c9-5-1-4(2-6(10)3-5)7(11)8(12)13/h1-3,7H,11H2,(H,12,13)/t7-/m0/s1. The van der Waals surface area contributed by atoms with Gasteiger partial charge in [0.25, 0.3) is 0 Å². The van der Waals surface area contributed by atoms with Crippen LogP contribution in [-0.4, -0.2) is 5.97 Å². The van der Waals surface area contributed by atoms with E-state index in [1.807, 2.05) is 0 Å². The molecule has 5 heteroatoms. The van der Waals surface area contributed by atoms with Gasteiger partial charge < -0.3 is 15.6 Å². The van der Waals surface area contributed by atoms with Crippen molar-refractivity contribution in [1.82, 2.24) is 0 Å². The number of carboxylic acids is 1. The Labute approximate surface area is 72.8 Å². The van der Waals surface area contributed by atoms with Crippen molar-refractivity contribution in [3.05, 3.63) is 35.4 Å². The Balaban J connectivity index is 3.07. The Kier molecular flexibility index (Phi) is 2.57. The lowest BCUT2D eigenvalue weighted by molar-refractivity contribution is -0.443. The van der Waals surface area contributed by atoms with Crippen molar-refractivity contribution in [3.8, 4) is 0 Å². The minimum absolute atomic E-state index is 0.0440. The van der Waals surface area contributed by atoms with Gasteiger partial charge >= 0.3 is 0 Å². The van der Waals surface area contributed by atoms with Gasteiger partial charge in [-0.15, -0.1) is 0 Å². The highest BCUT2D eigenvalue weighted by atomic mass is 19.1. The van der Waals surface area contributed by atoms with Crippen LogP contribution in [0.15, 0.2) is 18.2 Å². The van der Waals surface area contributed by atoms with Crippen LogP contribution < -0.4 is 10.8 Å². The SMILES string of the molecule is [NH3+][C@H](C(=O)[O-])c1cc(F)cc(F)c1. The fourth-order valence-corrected chi connectivity index (χ4v) is 0.912. The first kappa shape index (κ1) is 9.60. The molecular weight excluding hydrogens is 180 g/mol. The number of halogens is 2. The van der Waals surface area contributed by atoms with Gasteiger partial charge in [-0.3, -0.25) is 0 Å². The van der Waals surface area contributed by atoms with E-state index in [1.165, 1.54) is 0 Å². The summed E-state index contributed by atoms with van der Waals surface area (Å²) in [7, 11) is 0. The molecule has 1 aromatic rings. The molecular formula is C8H7F2NO2. The summed E-state index contributed by atoms with van der Waals surface area (Å²) in [6.45, 7) is 0. The smallest absolute Gasteiger partial charge is 0.150 e. The quantitative estimate of drug-likeness (QED) is 0.645. The molecule has 0 aliphatic heterocycles. The van der Waals surface area contributed by atoms with E-state index in [1.54, 1.807) is 0 Å². The Morgan fingerprint density at radius 2 is 1.77 bits per heavy atom. The van der Waals surface area contributed by atoms with Gasteiger partial charge in [-0.25, -0.2) is 8.78 Å². The maximum atomic E-state index is 12.6. The molecule has 3 N–H and O–H groups in total. The number of benzene rings is 1. The Hall–Kier alpha value is -1.49. The van der Waals surface area contributed by atoms with Crippen LogP contribution in [0, 0.1) is 11.6 Å². The van der Waals surface area contributed by atoms with E-state index < -0.39 is 23.6 Å². The number of carboxylic acid groups (broad SMARTS) is 1. The summed E-state index contributed by atoms with van der Waals surface area (Å²) in [4.78, 5) is 10.3. The van der Waals surface area contributed by atoms with E-state index in [2.05, 4.69) is 5.73 Å². The van der Waals surface area contributed by atoms with E-state index in [4.69, 9.17) is 0 Å². The molecule has 0 fully saturated rings. The van der Waals surface area contributed by atoms with Crippen LogP contribution in [0.25, 0.3) is 0 Å².